The van der Waals surface area contributed by atoms with Gasteiger partial charge in [-0.2, -0.15) is 0 Å². The van der Waals surface area contributed by atoms with E-state index in [0.717, 1.165) is 17.3 Å². The van der Waals surface area contributed by atoms with Gasteiger partial charge in [0.05, 0.1) is 5.56 Å². The van der Waals surface area contributed by atoms with E-state index in [2.05, 4.69) is 26.2 Å². The number of anilines is 1. The minimum Gasteiger partial charge on any atom is -0.362 e. The molecule has 1 unspecified atom stereocenters. The lowest BCUT2D eigenvalue weighted by Crippen LogP contribution is -2.46. The van der Waals surface area contributed by atoms with E-state index in [1.54, 1.807) is 6.20 Å². The van der Waals surface area contributed by atoms with Crippen molar-refractivity contribution in [3.05, 3.63) is 22.3 Å². The number of pyridine rings is 1. The molecule has 0 radical (unpaired) electrons. The number of hydrogen-bond donors (Lipinski definition) is 2. The molecule has 0 saturated heterocycles. The number of rotatable bonds is 5. The number of nitrogens with one attached hydrogen (secondary N) is 1. The quantitative estimate of drug-likeness (QED) is 0.734. The Morgan fingerprint density at radius 2 is 2.00 bits per heavy atom. The molecule has 8 heteroatoms. The summed E-state index contributed by atoms with van der Waals surface area (Å²) in [6.07, 6.45) is 7.77. The third-order valence-corrected chi connectivity index (χ3v) is 4.72. The molecule has 1 aromatic rings. The molecule has 1 amide bonds. The van der Waals surface area contributed by atoms with E-state index in [-0.39, 0.29) is 36.8 Å². The average Bonchev–Trinajstić information content (AvgIpc) is 2.52. The highest BCUT2D eigenvalue weighted by molar-refractivity contribution is 9.10. The maximum atomic E-state index is 12.7. The number of halogens is 3. The van der Waals surface area contributed by atoms with Gasteiger partial charge in [0.1, 0.15) is 5.82 Å². The number of nitrogens with two attached hydrogens (primary N) is 1. The Morgan fingerprint density at radius 3 is 2.54 bits per heavy atom. The number of nitrogens with zero attached hydrogens (tertiary/aromatic N) is 2. The summed E-state index contributed by atoms with van der Waals surface area (Å²) in [6, 6.07) is 1.85. The first kappa shape index (κ1) is 23.4. The zero-order chi connectivity index (χ0) is 16.1. The highest BCUT2D eigenvalue weighted by atomic mass is 79.9. The van der Waals surface area contributed by atoms with E-state index < -0.39 is 0 Å². The molecule has 3 N–H and O–H groups in total. The first-order valence-electron chi connectivity index (χ1n) is 7.86. The van der Waals surface area contributed by atoms with Crippen molar-refractivity contribution in [2.75, 3.05) is 25.5 Å². The van der Waals surface area contributed by atoms with Crippen LogP contribution in [0.3, 0.4) is 0 Å². The zero-order valence-electron chi connectivity index (χ0n) is 14.1. The van der Waals surface area contributed by atoms with Gasteiger partial charge < -0.3 is 16.0 Å². The van der Waals surface area contributed by atoms with Gasteiger partial charge in [0.15, 0.2) is 0 Å². The summed E-state index contributed by atoms with van der Waals surface area (Å²) in [6.45, 7) is 0.481. The fraction of sp³-hybridized carbons (Fsp3) is 0.625. The summed E-state index contributed by atoms with van der Waals surface area (Å²) >= 11 is 3.39. The van der Waals surface area contributed by atoms with Gasteiger partial charge in [0.25, 0.3) is 5.91 Å². The van der Waals surface area contributed by atoms with E-state index >= 15 is 0 Å². The standard InChI is InChI=1S/C16H25BrN4O.2ClH/c1-21(2)15-13(8-12(17)10-19-15)16(22)20-14(9-18)11-6-4-3-5-7-11;;/h8,10-11,14H,3-7,9,18H2,1-2H3,(H,20,22);2*1H. The van der Waals surface area contributed by atoms with Crippen LogP contribution >= 0.6 is 40.7 Å². The molecule has 0 bridgehead atoms. The molecule has 1 heterocycles. The molecule has 0 aliphatic heterocycles. The van der Waals surface area contributed by atoms with Crippen molar-refractivity contribution >= 4 is 52.5 Å². The van der Waals surface area contributed by atoms with Gasteiger partial charge >= 0.3 is 0 Å². The maximum absolute atomic E-state index is 12.7. The van der Waals surface area contributed by atoms with Crippen LogP contribution in [0.1, 0.15) is 42.5 Å². The summed E-state index contributed by atoms with van der Waals surface area (Å²) < 4.78 is 0.796. The molecule has 24 heavy (non-hydrogen) atoms. The first-order chi connectivity index (χ1) is 10.5. The Kier molecular flexibility index (Phi) is 10.9. The Labute approximate surface area is 165 Å². The second-order valence-corrected chi connectivity index (χ2v) is 7.05. The van der Waals surface area contributed by atoms with E-state index in [0.29, 0.717) is 23.8 Å². The fourth-order valence-corrected chi connectivity index (χ4v) is 3.44. The largest absolute Gasteiger partial charge is 0.362 e. The minimum absolute atomic E-state index is 0. The second kappa shape index (κ2) is 11.1. The van der Waals surface area contributed by atoms with Gasteiger partial charge in [-0.15, -0.1) is 24.8 Å². The number of aromatic nitrogens is 1. The topological polar surface area (TPSA) is 71.2 Å². The van der Waals surface area contributed by atoms with Crippen LogP contribution < -0.4 is 16.0 Å². The second-order valence-electron chi connectivity index (χ2n) is 6.13. The Bertz CT molecular complexity index is 525. The molecule has 138 valence electrons. The summed E-state index contributed by atoms with van der Waals surface area (Å²) in [5.74, 6) is 1.06. The zero-order valence-corrected chi connectivity index (χ0v) is 17.3. The van der Waals surface area contributed by atoms with Gasteiger partial charge in [0.2, 0.25) is 0 Å². The molecule has 1 aliphatic carbocycles. The molecule has 5 nitrogen and oxygen atoms in total. The lowest BCUT2D eigenvalue weighted by Gasteiger charge is -2.30. The van der Waals surface area contributed by atoms with Crippen molar-refractivity contribution < 1.29 is 4.79 Å². The molecule has 1 aromatic heterocycles. The van der Waals surface area contributed by atoms with Crippen LogP contribution in [0.15, 0.2) is 16.7 Å². The van der Waals surface area contributed by atoms with E-state index in [9.17, 15) is 4.79 Å². The molecule has 1 fully saturated rings. The fourth-order valence-electron chi connectivity index (χ4n) is 3.11. The molecule has 0 spiro atoms. The van der Waals surface area contributed by atoms with Crippen LogP contribution in [-0.2, 0) is 0 Å². The first-order valence-corrected chi connectivity index (χ1v) is 8.66. The summed E-state index contributed by atoms with van der Waals surface area (Å²) in [5, 5.41) is 3.12. The monoisotopic (exact) mass is 440 g/mol. The Balaban J connectivity index is 0.00000264. The number of hydrogen-bond acceptors (Lipinski definition) is 4. The molecule has 1 atom stereocenters. The predicted octanol–water partition coefficient (Wildman–Crippen LogP) is 3.39. The van der Waals surface area contributed by atoms with Crippen LogP contribution in [0.25, 0.3) is 0 Å². The van der Waals surface area contributed by atoms with Crippen LogP contribution in [0.5, 0.6) is 0 Å². The van der Waals surface area contributed by atoms with Crippen molar-refractivity contribution in [2.24, 2.45) is 11.7 Å². The normalized spacial score (nSPS) is 15.7. The van der Waals surface area contributed by atoms with Gasteiger partial charge in [-0.1, -0.05) is 19.3 Å². The highest BCUT2D eigenvalue weighted by Crippen LogP contribution is 2.27. The predicted molar refractivity (Wildman–Crippen MR) is 108 cm³/mol. The van der Waals surface area contributed by atoms with Crippen LogP contribution in [-0.4, -0.2) is 37.6 Å². The van der Waals surface area contributed by atoms with Crippen LogP contribution in [0, 0.1) is 5.92 Å². The van der Waals surface area contributed by atoms with Crippen molar-refractivity contribution in [1.29, 1.82) is 0 Å². The summed E-state index contributed by atoms with van der Waals surface area (Å²) in [4.78, 5) is 18.9. The smallest absolute Gasteiger partial charge is 0.255 e. The van der Waals surface area contributed by atoms with Crippen LogP contribution in [0.4, 0.5) is 5.82 Å². The Morgan fingerprint density at radius 1 is 1.38 bits per heavy atom. The van der Waals surface area contributed by atoms with Gasteiger partial charge in [-0.3, -0.25) is 4.79 Å². The third kappa shape index (κ3) is 6.06. The van der Waals surface area contributed by atoms with E-state index in [1.165, 1.54) is 19.3 Å². The van der Waals surface area contributed by atoms with Gasteiger partial charge in [-0.05, 0) is 40.8 Å². The molecular formula is C16H27BrCl2N4O. The lowest BCUT2D eigenvalue weighted by atomic mass is 9.84. The summed E-state index contributed by atoms with van der Waals surface area (Å²) in [5.41, 5.74) is 6.49. The van der Waals surface area contributed by atoms with Crippen molar-refractivity contribution in [1.82, 2.24) is 10.3 Å². The van der Waals surface area contributed by atoms with Crippen molar-refractivity contribution in [2.45, 2.75) is 38.1 Å². The van der Waals surface area contributed by atoms with E-state index in [4.69, 9.17) is 5.73 Å². The van der Waals surface area contributed by atoms with Crippen LogP contribution in [0.2, 0.25) is 0 Å². The molecule has 1 aliphatic rings. The number of carbonyl (C=O) groups is 1. The third-order valence-electron chi connectivity index (χ3n) is 4.29. The van der Waals surface area contributed by atoms with E-state index in [1.807, 2.05) is 25.1 Å². The molecule has 2 rings (SSSR count). The number of amides is 1. The highest BCUT2D eigenvalue weighted by Gasteiger charge is 2.25. The number of carbonyl (C=O) groups excluding carboxylic acids is 1. The van der Waals surface area contributed by atoms with Crippen molar-refractivity contribution in [3.8, 4) is 0 Å². The lowest BCUT2D eigenvalue weighted by molar-refractivity contribution is 0.0915. The van der Waals surface area contributed by atoms with Gasteiger partial charge in [0, 0.05) is 37.4 Å². The Hall–Kier alpha value is -0.560. The van der Waals surface area contributed by atoms with Gasteiger partial charge in [-0.25, -0.2) is 4.98 Å². The SMILES string of the molecule is CN(C)c1ncc(Br)cc1C(=O)NC(CN)C1CCCCC1.Cl.Cl. The molecular weight excluding hydrogens is 415 g/mol. The average molecular weight is 442 g/mol. The minimum atomic E-state index is -0.0986. The molecule has 0 aromatic carbocycles. The molecule has 1 saturated carbocycles. The van der Waals surface area contributed by atoms with Crippen molar-refractivity contribution in [3.63, 3.8) is 0 Å². The summed E-state index contributed by atoms with van der Waals surface area (Å²) in [7, 11) is 3.77. The maximum Gasteiger partial charge on any atom is 0.255 e.